The van der Waals surface area contributed by atoms with Gasteiger partial charge in [-0.15, -0.1) is 11.3 Å². The second-order valence-corrected chi connectivity index (χ2v) is 5.13. The van der Waals surface area contributed by atoms with Crippen LogP contribution in [0.3, 0.4) is 0 Å². The highest BCUT2D eigenvalue weighted by molar-refractivity contribution is 9.10. The molecule has 0 spiro atoms. The van der Waals surface area contributed by atoms with Crippen molar-refractivity contribution >= 4 is 45.2 Å². The van der Waals surface area contributed by atoms with Crippen LogP contribution in [0, 0.1) is 0 Å². The number of thiophene rings is 1. The third-order valence-corrected chi connectivity index (χ3v) is 3.33. The molecule has 0 fully saturated rings. The SMILES string of the molecule is O=C(/C=C/c1ccc(Br)o1)NNC(=O)c1cccs1. The van der Waals surface area contributed by atoms with Gasteiger partial charge < -0.3 is 4.42 Å². The van der Waals surface area contributed by atoms with E-state index in [1.807, 2.05) is 0 Å². The Labute approximate surface area is 121 Å². The first-order valence-corrected chi connectivity index (χ1v) is 6.89. The fraction of sp³-hybridized carbons (Fsp3) is 0. The van der Waals surface area contributed by atoms with Gasteiger partial charge in [-0.05, 0) is 45.6 Å². The molecule has 2 aromatic rings. The number of hydrazine groups is 1. The average molecular weight is 341 g/mol. The smallest absolute Gasteiger partial charge is 0.279 e. The number of furan rings is 1. The molecular formula is C12H9BrN2O3S. The van der Waals surface area contributed by atoms with Crippen molar-refractivity contribution in [2.75, 3.05) is 0 Å². The Morgan fingerprint density at radius 3 is 2.74 bits per heavy atom. The molecule has 0 aliphatic rings. The molecule has 2 heterocycles. The lowest BCUT2D eigenvalue weighted by atomic mass is 10.4. The fourth-order valence-corrected chi connectivity index (χ4v) is 2.14. The maximum Gasteiger partial charge on any atom is 0.279 e. The zero-order valence-electron chi connectivity index (χ0n) is 9.55. The van der Waals surface area contributed by atoms with E-state index in [2.05, 4.69) is 26.8 Å². The topological polar surface area (TPSA) is 71.3 Å². The zero-order chi connectivity index (χ0) is 13.7. The molecule has 0 saturated heterocycles. The molecule has 0 saturated carbocycles. The summed E-state index contributed by atoms with van der Waals surface area (Å²) in [6.07, 6.45) is 2.76. The molecule has 2 N–H and O–H groups in total. The Hall–Kier alpha value is -1.86. The minimum Gasteiger partial charge on any atom is -0.450 e. The highest BCUT2D eigenvalue weighted by Crippen LogP contribution is 2.14. The minimum atomic E-state index is -0.447. The predicted molar refractivity (Wildman–Crippen MR) is 75.4 cm³/mol. The van der Waals surface area contributed by atoms with E-state index in [4.69, 9.17) is 4.42 Å². The molecule has 0 bridgehead atoms. The summed E-state index contributed by atoms with van der Waals surface area (Å²) in [4.78, 5) is 23.5. The Morgan fingerprint density at radius 2 is 2.11 bits per heavy atom. The Balaban J connectivity index is 1.82. The third-order valence-electron chi connectivity index (χ3n) is 2.04. The molecular weight excluding hydrogens is 332 g/mol. The van der Waals surface area contributed by atoms with Gasteiger partial charge in [0.05, 0.1) is 4.88 Å². The number of carbonyl (C=O) groups is 2. The van der Waals surface area contributed by atoms with Gasteiger partial charge in [0.1, 0.15) is 5.76 Å². The van der Waals surface area contributed by atoms with E-state index in [1.165, 1.54) is 23.5 Å². The van der Waals surface area contributed by atoms with Crippen molar-refractivity contribution in [1.82, 2.24) is 10.9 Å². The molecule has 19 heavy (non-hydrogen) atoms. The maximum absolute atomic E-state index is 11.5. The van der Waals surface area contributed by atoms with Crippen LogP contribution in [0.1, 0.15) is 15.4 Å². The van der Waals surface area contributed by atoms with Crippen LogP contribution in [-0.2, 0) is 4.79 Å². The molecule has 0 aliphatic carbocycles. The summed E-state index contributed by atoms with van der Waals surface area (Å²) in [6, 6.07) is 6.85. The van der Waals surface area contributed by atoms with Crippen LogP contribution >= 0.6 is 27.3 Å². The fourth-order valence-electron chi connectivity index (χ4n) is 1.21. The Morgan fingerprint density at radius 1 is 1.26 bits per heavy atom. The van der Waals surface area contributed by atoms with E-state index in [1.54, 1.807) is 29.6 Å². The average Bonchev–Trinajstić information content (AvgIpc) is 3.04. The highest BCUT2D eigenvalue weighted by Gasteiger charge is 2.06. The van der Waals surface area contributed by atoms with E-state index in [-0.39, 0.29) is 5.91 Å². The van der Waals surface area contributed by atoms with Crippen LogP contribution in [-0.4, -0.2) is 11.8 Å². The Kier molecular flexibility index (Phi) is 4.53. The third kappa shape index (κ3) is 4.08. The monoisotopic (exact) mass is 340 g/mol. The summed E-state index contributed by atoms with van der Waals surface area (Å²) in [5.74, 6) is -0.262. The molecule has 2 rings (SSSR count). The van der Waals surface area contributed by atoms with Crippen LogP contribution in [0.25, 0.3) is 6.08 Å². The molecule has 0 aromatic carbocycles. The quantitative estimate of drug-likeness (QED) is 0.666. The van der Waals surface area contributed by atoms with Crippen LogP contribution in [0.5, 0.6) is 0 Å². The predicted octanol–water partition coefficient (Wildman–Crippen LogP) is 2.58. The van der Waals surface area contributed by atoms with Crippen molar-refractivity contribution in [3.63, 3.8) is 0 Å². The molecule has 7 heteroatoms. The van der Waals surface area contributed by atoms with Crippen LogP contribution in [0.4, 0.5) is 0 Å². The molecule has 2 amide bonds. The number of carbonyl (C=O) groups excluding carboxylic acids is 2. The lowest BCUT2D eigenvalue weighted by molar-refractivity contribution is -0.117. The summed E-state index contributed by atoms with van der Waals surface area (Å²) >= 11 is 4.45. The number of hydrogen-bond donors (Lipinski definition) is 2. The van der Waals surface area contributed by atoms with Gasteiger partial charge in [0.25, 0.3) is 11.8 Å². The molecule has 2 aromatic heterocycles. The van der Waals surface area contributed by atoms with Crippen molar-refractivity contribution in [2.45, 2.75) is 0 Å². The maximum atomic E-state index is 11.5. The van der Waals surface area contributed by atoms with Crippen LogP contribution in [0.15, 0.2) is 44.8 Å². The van der Waals surface area contributed by atoms with E-state index < -0.39 is 5.91 Å². The molecule has 0 atom stereocenters. The largest absolute Gasteiger partial charge is 0.450 e. The lowest BCUT2D eigenvalue weighted by Gasteiger charge is -2.02. The normalized spacial score (nSPS) is 10.6. The lowest BCUT2D eigenvalue weighted by Crippen LogP contribution is -2.40. The molecule has 98 valence electrons. The minimum absolute atomic E-state index is 0.350. The number of halogens is 1. The van der Waals surface area contributed by atoms with E-state index in [0.29, 0.717) is 15.3 Å². The number of nitrogens with one attached hydrogen (secondary N) is 2. The first kappa shape index (κ1) is 13.6. The van der Waals surface area contributed by atoms with Crippen molar-refractivity contribution < 1.29 is 14.0 Å². The number of hydrogen-bond acceptors (Lipinski definition) is 4. The van der Waals surface area contributed by atoms with Gasteiger partial charge in [-0.1, -0.05) is 6.07 Å². The summed E-state index contributed by atoms with van der Waals surface area (Å²) in [6.45, 7) is 0. The highest BCUT2D eigenvalue weighted by atomic mass is 79.9. The van der Waals surface area contributed by atoms with E-state index in [0.717, 1.165) is 0 Å². The number of amides is 2. The van der Waals surface area contributed by atoms with Crippen molar-refractivity contribution in [1.29, 1.82) is 0 Å². The van der Waals surface area contributed by atoms with Crippen molar-refractivity contribution in [2.24, 2.45) is 0 Å². The second-order valence-electron chi connectivity index (χ2n) is 3.40. The summed E-state index contributed by atoms with van der Waals surface area (Å²) in [7, 11) is 0. The standard InChI is InChI=1S/C12H9BrN2O3S/c13-10-5-3-8(18-10)4-6-11(16)14-15-12(17)9-2-1-7-19-9/h1-7H,(H,14,16)(H,15,17)/b6-4+. The van der Waals surface area contributed by atoms with Gasteiger partial charge in [0, 0.05) is 6.08 Å². The summed E-state index contributed by atoms with van der Waals surface area (Å²) in [5.41, 5.74) is 4.58. The van der Waals surface area contributed by atoms with Gasteiger partial charge >= 0.3 is 0 Å². The van der Waals surface area contributed by atoms with E-state index in [9.17, 15) is 9.59 Å². The van der Waals surface area contributed by atoms with Gasteiger partial charge in [-0.25, -0.2) is 0 Å². The second kappa shape index (κ2) is 6.35. The Bertz CT molecular complexity index is 604. The molecule has 0 radical (unpaired) electrons. The molecule has 0 unspecified atom stereocenters. The summed E-state index contributed by atoms with van der Waals surface area (Å²) in [5, 5.41) is 1.78. The van der Waals surface area contributed by atoms with Crippen molar-refractivity contribution in [3.05, 3.63) is 51.0 Å². The molecule has 0 aliphatic heterocycles. The van der Waals surface area contributed by atoms with Crippen molar-refractivity contribution in [3.8, 4) is 0 Å². The van der Waals surface area contributed by atoms with E-state index >= 15 is 0 Å². The van der Waals surface area contributed by atoms with Crippen LogP contribution in [0.2, 0.25) is 0 Å². The van der Waals surface area contributed by atoms with Gasteiger partial charge in [0.15, 0.2) is 4.67 Å². The summed E-state index contributed by atoms with van der Waals surface area (Å²) < 4.78 is 5.76. The first-order valence-electron chi connectivity index (χ1n) is 5.22. The zero-order valence-corrected chi connectivity index (χ0v) is 12.0. The van der Waals surface area contributed by atoms with Gasteiger partial charge in [-0.2, -0.15) is 0 Å². The van der Waals surface area contributed by atoms with Gasteiger partial charge in [-0.3, -0.25) is 20.4 Å². The first-order chi connectivity index (χ1) is 9.15. The molecule has 5 nitrogen and oxygen atoms in total. The number of rotatable bonds is 3. The van der Waals surface area contributed by atoms with Gasteiger partial charge in [0.2, 0.25) is 0 Å². The van der Waals surface area contributed by atoms with Crippen LogP contribution < -0.4 is 10.9 Å².